The van der Waals surface area contributed by atoms with Crippen LogP contribution in [0.4, 0.5) is 5.82 Å². The van der Waals surface area contributed by atoms with Gasteiger partial charge in [0, 0.05) is 32.5 Å². The number of anilines is 1. The van der Waals surface area contributed by atoms with Gasteiger partial charge >= 0.3 is 0 Å². The van der Waals surface area contributed by atoms with Gasteiger partial charge in [-0.15, -0.1) is 0 Å². The van der Waals surface area contributed by atoms with Gasteiger partial charge in [-0.05, 0) is 29.8 Å². The van der Waals surface area contributed by atoms with E-state index in [1.807, 2.05) is 36.5 Å². The van der Waals surface area contributed by atoms with Gasteiger partial charge in [-0.3, -0.25) is 0 Å². The lowest BCUT2D eigenvalue weighted by atomic mass is 10.1. The normalized spacial score (nSPS) is 10.7. The first-order valence-electron chi connectivity index (χ1n) is 6.25. The number of hydrogen-bond donors (Lipinski definition) is 1. The minimum atomic E-state index is 0.748. The average molecular weight is 392 g/mol. The molecule has 3 aromatic rings. The molecule has 1 heterocycles. The molecule has 4 heteroatoms. The summed E-state index contributed by atoms with van der Waals surface area (Å²) in [5, 5.41) is 5.69. The van der Waals surface area contributed by atoms with Gasteiger partial charge in [-0.2, -0.15) is 0 Å². The first-order chi connectivity index (χ1) is 9.74. The number of benzene rings is 2. The van der Waals surface area contributed by atoms with Crippen molar-refractivity contribution in [3.63, 3.8) is 0 Å². The summed E-state index contributed by atoms with van der Waals surface area (Å²) in [7, 11) is 0. The Labute approximate surface area is 134 Å². The molecular formula is C16H12Br2N2. The molecule has 1 aromatic heterocycles. The number of nitrogens with one attached hydrogen (secondary N) is 1. The van der Waals surface area contributed by atoms with E-state index in [1.165, 1.54) is 10.9 Å². The Balaban J connectivity index is 1.90. The van der Waals surface area contributed by atoms with Gasteiger partial charge in [0.1, 0.15) is 5.82 Å². The molecule has 0 spiro atoms. The highest BCUT2D eigenvalue weighted by atomic mass is 79.9. The fraction of sp³-hybridized carbons (Fsp3) is 0.0625. The summed E-state index contributed by atoms with van der Waals surface area (Å²) in [4.78, 5) is 4.44. The summed E-state index contributed by atoms with van der Waals surface area (Å²) in [5.41, 5.74) is 1.22. The van der Waals surface area contributed by atoms with Crippen molar-refractivity contribution < 1.29 is 0 Å². The molecule has 1 N–H and O–H groups in total. The molecule has 2 nitrogen and oxygen atoms in total. The monoisotopic (exact) mass is 390 g/mol. The lowest BCUT2D eigenvalue weighted by Gasteiger charge is -2.10. The Bertz CT molecular complexity index is 756. The quantitative estimate of drug-likeness (QED) is 0.648. The fourth-order valence-corrected chi connectivity index (χ4v) is 3.09. The van der Waals surface area contributed by atoms with Crippen molar-refractivity contribution in [2.24, 2.45) is 0 Å². The highest BCUT2D eigenvalue weighted by Gasteiger charge is 2.04. The molecule has 0 atom stereocenters. The maximum absolute atomic E-state index is 4.44. The SMILES string of the molecule is Brc1cccc(CNc2nccc3c(Br)cccc23)c1. The van der Waals surface area contributed by atoms with Gasteiger partial charge in [0.15, 0.2) is 0 Å². The summed E-state index contributed by atoms with van der Waals surface area (Å²) in [6, 6.07) is 16.4. The molecule has 0 aliphatic carbocycles. The smallest absolute Gasteiger partial charge is 0.134 e. The molecule has 2 aromatic carbocycles. The van der Waals surface area contributed by atoms with Gasteiger partial charge in [-0.25, -0.2) is 4.98 Å². The predicted molar refractivity (Wildman–Crippen MR) is 90.9 cm³/mol. The van der Waals surface area contributed by atoms with Gasteiger partial charge in [0.05, 0.1) is 0 Å². The number of aromatic nitrogens is 1. The third-order valence-electron chi connectivity index (χ3n) is 3.10. The molecule has 0 saturated carbocycles. The number of halogens is 2. The molecule has 0 radical (unpaired) electrons. The Kier molecular flexibility index (Phi) is 4.03. The van der Waals surface area contributed by atoms with E-state index in [-0.39, 0.29) is 0 Å². The van der Waals surface area contributed by atoms with E-state index < -0.39 is 0 Å². The van der Waals surface area contributed by atoms with E-state index in [0.29, 0.717) is 0 Å². The molecule has 100 valence electrons. The maximum Gasteiger partial charge on any atom is 0.134 e. The largest absolute Gasteiger partial charge is 0.365 e. The third kappa shape index (κ3) is 2.86. The van der Waals surface area contributed by atoms with Crippen LogP contribution in [0.2, 0.25) is 0 Å². The molecule has 0 saturated heterocycles. The molecule has 0 amide bonds. The number of rotatable bonds is 3. The molecule has 0 aliphatic rings. The Morgan fingerprint density at radius 3 is 2.65 bits per heavy atom. The van der Waals surface area contributed by atoms with E-state index in [9.17, 15) is 0 Å². The van der Waals surface area contributed by atoms with E-state index in [2.05, 4.69) is 60.4 Å². The van der Waals surface area contributed by atoms with Crippen LogP contribution in [0.5, 0.6) is 0 Å². The van der Waals surface area contributed by atoms with Crippen molar-refractivity contribution in [2.45, 2.75) is 6.54 Å². The molecule has 3 rings (SSSR count). The molecule has 0 unspecified atom stereocenters. The Hall–Kier alpha value is -1.39. The van der Waals surface area contributed by atoms with Gasteiger partial charge in [0.2, 0.25) is 0 Å². The first kappa shape index (κ1) is 13.6. The number of hydrogen-bond acceptors (Lipinski definition) is 2. The Morgan fingerprint density at radius 1 is 0.950 bits per heavy atom. The summed E-state index contributed by atoms with van der Waals surface area (Å²) in [6.45, 7) is 0.748. The second kappa shape index (κ2) is 5.94. The van der Waals surface area contributed by atoms with Crippen LogP contribution < -0.4 is 5.32 Å². The van der Waals surface area contributed by atoms with Crippen LogP contribution in [0.3, 0.4) is 0 Å². The zero-order chi connectivity index (χ0) is 13.9. The van der Waals surface area contributed by atoms with Gasteiger partial charge in [0.25, 0.3) is 0 Å². The average Bonchev–Trinajstić information content (AvgIpc) is 2.46. The fourth-order valence-electron chi connectivity index (χ4n) is 2.14. The van der Waals surface area contributed by atoms with Crippen LogP contribution in [0, 0.1) is 0 Å². The Morgan fingerprint density at radius 2 is 1.80 bits per heavy atom. The molecular weight excluding hydrogens is 380 g/mol. The molecule has 0 fully saturated rings. The lowest BCUT2D eigenvalue weighted by Crippen LogP contribution is -2.01. The lowest BCUT2D eigenvalue weighted by molar-refractivity contribution is 1.12. The van der Waals surface area contributed by atoms with Crippen LogP contribution in [-0.4, -0.2) is 4.98 Å². The van der Waals surface area contributed by atoms with Crippen molar-refractivity contribution >= 4 is 48.5 Å². The first-order valence-corrected chi connectivity index (χ1v) is 7.84. The van der Waals surface area contributed by atoms with Gasteiger partial charge in [-0.1, -0.05) is 56.1 Å². The second-order valence-electron chi connectivity index (χ2n) is 4.48. The van der Waals surface area contributed by atoms with Crippen molar-refractivity contribution in [2.75, 3.05) is 5.32 Å². The predicted octanol–water partition coefficient (Wildman–Crippen LogP) is 5.37. The van der Waals surface area contributed by atoms with E-state index in [4.69, 9.17) is 0 Å². The van der Waals surface area contributed by atoms with Crippen LogP contribution in [0.1, 0.15) is 5.56 Å². The highest BCUT2D eigenvalue weighted by Crippen LogP contribution is 2.27. The maximum atomic E-state index is 4.44. The number of pyridine rings is 1. The minimum absolute atomic E-state index is 0.748. The van der Waals surface area contributed by atoms with Gasteiger partial charge < -0.3 is 5.32 Å². The molecule has 20 heavy (non-hydrogen) atoms. The van der Waals surface area contributed by atoms with E-state index in [0.717, 1.165) is 26.7 Å². The summed E-state index contributed by atoms with van der Waals surface area (Å²) >= 11 is 7.06. The van der Waals surface area contributed by atoms with Crippen molar-refractivity contribution in [3.05, 3.63) is 69.2 Å². The van der Waals surface area contributed by atoms with E-state index in [1.54, 1.807) is 0 Å². The molecule has 0 bridgehead atoms. The van der Waals surface area contributed by atoms with Crippen molar-refractivity contribution in [1.82, 2.24) is 4.98 Å². The summed E-state index contributed by atoms with van der Waals surface area (Å²) < 4.78 is 2.17. The minimum Gasteiger partial charge on any atom is -0.365 e. The van der Waals surface area contributed by atoms with Crippen LogP contribution in [0.25, 0.3) is 10.8 Å². The third-order valence-corrected chi connectivity index (χ3v) is 4.29. The number of nitrogens with zero attached hydrogens (tertiary/aromatic N) is 1. The standard InChI is InChI=1S/C16H12Br2N2/c17-12-4-1-3-11(9-12)10-20-16-14-5-2-6-15(18)13(14)7-8-19-16/h1-9H,10H2,(H,19,20). The molecule has 0 aliphatic heterocycles. The van der Waals surface area contributed by atoms with Crippen molar-refractivity contribution in [1.29, 1.82) is 0 Å². The summed E-state index contributed by atoms with van der Waals surface area (Å²) in [5.74, 6) is 0.906. The second-order valence-corrected chi connectivity index (χ2v) is 6.25. The zero-order valence-electron chi connectivity index (χ0n) is 10.6. The van der Waals surface area contributed by atoms with Crippen LogP contribution in [-0.2, 0) is 6.54 Å². The van der Waals surface area contributed by atoms with Crippen LogP contribution in [0.15, 0.2) is 63.7 Å². The highest BCUT2D eigenvalue weighted by molar-refractivity contribution is 9.11. The van der Waals surface area contributed by atoms with Crippen molar-refractivity contribution in [3.8, 4) is 0 Å². The number of fused-ring (bicyclic) bond motifs is 1. The zero-order valence-corrected chi connectivity index (χ0v) is 13.8. The van der Waals surface area contributed by atoms with E-state index >= 15 is 0 Å². The topological polar surface area (TPSA) is 24.9 Å². The summed E-state index contributed by atoms with van der Waals surface area (Å²) in [6.07, 6.45) is 1.83. The van der Waals surface area contributed by atoms with Crippen LogP contribution >= 0.6 is 31.9 Å².